The molecule has 4 rings (SSSR count). The van der Waals surface area contributed by atoms with Gasteiger partial charge in [-0.15, -0.1) is 10.2 Å². The number of nitrogens with zero attached hydrogens (tertiary/aromatic N) is 3. The van der Waals surface area contributed by atoms with Crippen molar-refractivity contribution in [2.75, 3.05) is 33.9 Å². The molecule has 0 radical (unpaired) electrons. The number of allylic oxidation sites excluding steroid dienone is 1. The van der Waals surface area contributed by atoms with Crippen LogP contribution in [0.15, 0.2) is 40.3 Å². The number of aromatic nitrogens is 2. The van der Waals surface area contributed by atoms with Crippen LogP contribution in [0.5, 0.6) is 5.75 Å². The van der Waals surface area contributed by atoms with Gasteiger partial charge < -0.3 is 13.9 Å². The first-order chi connectivity index (χ1) is 16.0. The first-order valence-electron chi connectivity index (χ1n) is 12.4. The maximum atomic E-state index is 6.05. The van der Waals surface area contributed by atoms with E-state index in [1.54, 1.807) is 7.11 Å². The van der Waals surface area contributed by atoms with Gasteiger partial charge in [-0.25, -0.2) is 0 Å². The Balaban J connectivity index is 1.44. The number of benzene rings is 1. The van der Waals surface area contributed by atoms with Crippen LogP contribution in [-0.4, -0.2) is 55.1 Å². The van der Waals surface area contributed by atoms with Crippen LogP contribution in [0, 0.1) is 23.7 Å². The van der Waals surface area contributed by atoms with Gasteiger partial charge >= 0.3 is 0 Å². The molecular weight excluding hydrogens is 414 g/mol. The Morgan fingerprint density at radius 2 is 1.94 bits per heavy atom. The molecule has 1 fully saturated rings. The van der Waals surface area contributed by atoms with E-state index in [9.17, 15) is 0 Å². The fourth-order valence-corrected chi connectivity index (χ4v) is 5.67. The van der Waals surface area contributed by atoms with Crippen LogP contribution in [-0.2, 0) is 11.2 Å². The SMILES string of the molecule is COCC1CCCN1CC1C=C(C)C(Cc2nnc(-c3ccc(OC)cc3)o2)CC1C(C)C. The summed E-state index contributed by atoms with van der Waals surface area (Å²) in [7, 11) is 3.48. The maximum Gasteiger partial charge on any atom is 0.247 e. The molecule has 2 aliphatic rings. The summed E-state index contributed by atoms with van der Waals surface area (Å²) >= 11 is 0. The molecule has 0 amide bonds. The van der Waals surface area contributed by atoms with Gasteiger partial charge in [-0.1, -0.05) is 25.5 Å². The summed E-state index contributed by atoms with van der Waals surface area (Å²) < 4.78 is 16.8. The van der Waals surface area contributed by atoms with Gasteiger partial charge in [0.15, 0.2) is 0 Å². The van der Waals surface area contributed by atoms with Crippen molar-refractivity contribution < 1.29 is 13.9 Å². The molecule has 4 atom stereocenters. The van der Waals surface area contributed by atoms with E-state index >= 15 is 0 Å². The molecule has 6 heteroatoms. The fraction of sp³-hybridized carbons (Fsp3) is 0.630. The lowest BCUT2D eigenvalue weighted by Gasteiger charge is -2.39. The highest BCUT2D eigenvalue weighted by molar-refractivity contribution is 5.53. The Labute approximate surface area is 198 Å². The molecule has 180 valence electrons. The van der Waals surface area contributed by atoms with E-state index in [2.05, 4.69) is 41.9 Å². The standard InChI is InChI=1S/C27H39N3O3/c1-18(2)25-14-21(19(3)13-22(25)16-30-12-6-7-23(30)17-31-4)15-26-28-29-27(33-26)20-8-10-24(32-5)11-9-20/h8-11,13,18,21-23,25H,6-7,12,14-17H2,1-5H3. The molecule has 1 aliphatic heterocycles. The molecule has 4 unspecified atom stereocenters. The van der Waals surface area contributed by atoms with Crippen molar-refractivity contribution in [2.45, 2.75) is 52.5 Å². The topological polar surface area (TPSA) is 60.6 Å². The van der Waals surface area contributed by atoms with Crippen molar-refractivity contribution >= 4 is 0 Å². The number of hydrogen-bond acceptors (Lipinski definition) is 6. The smallest absolute Gasteiger partial charge is 0.247 e. The Bertz CT molecular complexity index is 921. The summed E-state index contributed by atoms with van der Waals surface area (Å²) in [6.07, 6.45) is 7.06. The molecule has 1 aliphatic carbocycles. The minimum Gasteiger partial charge on any atom is -0.497 e. The molecule has 1 aromatic heterocycles. The maximum absolute atomic E-state index is 6.05. The van der Waals surface area contributed by atoms with E-state index < -0.39 is 0 Å². The number of hydrogen-bond donors (Lipinski definition) is 0. The highest BCUT2D eigenvalue weighted by Gasteiger charge is 2.35. The monoisotopic (exact) mass is 453 g/mol. The third-order valence-corrected chi connectivity index (χ3v) is 7.61. The average Bonchev–Trinajstić information content (AvgIpc) is 3.45. The molecule has 33 heavy (non-hydrogen) atoms. The van der Waals surface area contributed by atoms with E-state index in [0.29, 0.717) is 35.6 Å². The average molecular weight is 454 g/mol. The molecular formula is C27H39N3O3. The van der Waals surface area contributed by atoms with Crippen LogP contribution >= 0.6 is 0 Å². The van der Waals surface area contributed by atoms with E-state index in [1.807, 2.05) is 31.4 Å². The summed E-state index contributed by atoms with van der Waals surface area (Å²) in [5.74, 6) is 4.45. The van der Waals surface area contributed by atoms with Crippen LogP contribution < -0.4 is 4.74 Å². The normalized spacial score (nSPS) is 26.1. The van der Waals surface area contributed by atoms with E-state index in [0.717, 1.165) is 36.8 Å². The molecule has 1 aromatic carbocycles. The Morgan fingerprint density at radius 3 is 2.64 bits per heavy atom. The Hall–Kier alpha value is -2.18. The molecule has 6 nitrogen and oxygen atoms in total. The van der Waals surface area contributed by atoms with Gasteiger partial charge in [-0.05, 0) is 80.7 Å². The van der Waals surface area contributed by atoms with Gasteiger partial charge in [0, 0.05) is 31.7 Å². The van der Waals surface area contributed by atoms with Crippen molar-refractivity contribution in [1.82, 2.24) is 15.1 Å². The van der Waals surface area contributed by atoms with Crippen molar-refractivity contribution in [1.29, 1.82) is 0 Å². The number of likely N-dealkylation sites (tertiary alicyclic amines) is 1. The first-order valence-corrected chi connectivity index (χ1v) is 12.4. The zero-order chi connectivity index (χ0) is 23.4. The van der Waals surface area contributed by atoms with Crippen LogP contribution in [0.25, 0.3) is 11.5 Å². The predicted octanol–water partition coefficient (Wildman–Crippen LogP) is 5.25. The third-order valence-electron chi connectivity index (χ3n) is 7.61. The van der Waals surface area contributed by atoms with E-state index in [-0.39, 0.29) is 0 Å². The van der Waals surface area contributed by atoms with Gasteiger partial charge in [0.2, 0.25) is 11.8 Å². The fourth-order valence-electron chi connectivity index (χ4n) is 5.67. The first kappa shape index (κ1) is 24.0. The van der Waals surface area contributed by atoms with Crippen LogP contribution in [0.2, 0.25) is 0 Å². The Kier molecular flexibility index (Phi) is 7.86. The Morgan fingerprint density at radius 1 is 1.15 bits per heavy atom. The van der Waals surface area contributed by atoms with Crippen LogP contribution in [0.3, 0.4) is 0 Å². The molecule has 2 heterocycles. The third kappa shape index (κ3) is 5.67. The minimum absolute atomic E-state index is 0.450. The van der Waals surface area contributed by atoms with Crippen molar-refractivity contribution in [3.8, 4) is 17.2 Å². The van der Waals surface area contributed by atoms with Crippen LogP contribution in [0.4, 0.5) is 0 Å². The predicted molar refractivity (Wildman–Crippen MR) is 130 cm³/mol. The van der Waals surface area contributed by atoms with Gasteiger partial charge in [-0.3, -0.25) is 4.90 Å². The summed E-state index contributed by atoms with van der Waals surface area (Å²) in [5, 5.41) is 8.67. The quantitative estimate of drug-likeness (QED) is 0.483. The highest BCUT2D eigenvalue weighted by Crippen LogP contribution is 2.40. The number of methoxy groups -OCH3 is 2. The van der Waals surface area contributed by atoms with Gasteiger partial charge in [0.1, 0.15) is 5.75 Å². The van der Waals surface area contributed by atoms with Gasteiger partial charge in [0.05, 0.1) is 13.7 Å². The lowest BCUT2D eigenvalue weighted by atomic mass is 9.69. The van der Waals surface area contributed by atoms with E-state index in [1.165, 1.54) is 31.4 Å². The number of ether oxygens (including phenoxy) is 2. The zero-order valence-electron chi connectivity index (χ0n) is 20.8. The molecule has 0 spiro atoms. The molecule has 0 bridgehead atoms. The van der Waals surface area contributed by atoms with Gasteiger partial charge in [0.25, 0.3) is 0 Å². The van der Waals surface area contributed by atoms with Crippen LogP contribution in [0.1, 0.15) is 45.9 Å². The molecule has 2 aromatic rings. The molecule has 0 saturated carbocycles. The largest absolute Gasteiger partial charge is 0.497 e. The second kappa shape index (κ2) is 10.8. The lowest BCUT2D eigenvalue weighted by molar-refractivity contribution is 0.0928. The molecule has 1 saturated heterocycles. The van der Waals surface area contributed by atoms with E-state index in [4.69, 9.17) is 13.9 Å². The highest BCUT2D eigenvalue weighted by atomic mass is 16.5. The molecule has 0 N–H and O–H groups in total. The number of rotatable bonds is 9. The van der Waals surface area contributed by atoms with Crippen molar-refractivity contribution in [2.24, 2.45) is 23.7 Å². The summed E-state index contributed by atoms with van der Waals surface area (Å²) in [4.78, 5) is 2.66. The zero-order valence-corrected chi connectivity index (χ0v) is 20.8. The lowest BCUT2D eigenvalue weighted by Crippen LogP contribution is -2.41. The minimum atomic E-state index is 0.450. The summed E-state index contributed by atoms with van der Waals surface area (Å²) in [6.45, 7) is 10.2. The van der Waals surface area contributed by atoms with Crippen molar-refractivity contribution in [3.05, 3.63) is 41.8 Å². The van der Waals surface area contributed by atoms with Crippen molar-refractivity contribution in [3.63, 3.8) is 0 Å². The second-order valence-corrected chi connectivity index (χ2v) is 10.1. The summed E-state index contributed by atoms with van der Waals surface area (Å²) in [5.41, 5.74) is 2.38. The summed E-state index contributed by atoms with van der Waals surface area (Å²) in [6, 6.07) is 8.31. The van der Waals surface area contributed by atoms with Gasteiger partial charge in [-0.2, -0.15) is 0 Å². The second-order valence-electron chi connectivity index (χ2n) is 10.1.